The Labute approximate surface area is 167 Å². The van der Waals surface area contributed by atoms with E-state index in [1.54, 1.807) is 48.8 Å². The Hall–Kier alpha value is -3.39. The fraction of sp³-hybridized carbons (Fsp3) is 0.0500. The van der Waals surface area contributed by atoms with Crippen LogP contribution in [0.25, 0.3) is 27.4 Å². The minimum absolute atomic E-state index is 0.0806. The molecule has 2 heterocycles. The van der Waals surface area contributed by atoms with E-state index in [4.69, 9.17) is 16.2 Å². The summed E-state index contributed by atoms with van der Waals surface area (Å²) in [5, 5.41) is 1.98. The molecule has 0 fully saturated rings. The van der Waals surface area contributed by atoms with Gasteiger partial charge in [-0.25, -0.2) is 4.79 Å². The van der Waals surface area contributed by atoms with Crippen LogP contribution in [0.5, 0.6) is 0 Å². The Morgan fingerprint density at radius 3 is 2.64 bits per heavy atom. The Morgan fingerprint density at radius 1 is 1.11 bits per heavy atom. The molecule has 0 aliphatic heterocycles. The van der Waals surface area contributed by atoms with Crippen LogP contribution >= 0.6 is 15.9 Å². The van der Waals surface area contributed by atoms with Crippen LogP contribution < -0.4 is 17.0 Å². The number of benzene rings is 2. The standard InChI is InChI=1S/C20H15BrN4O3/c1-28-20(27)17-18(23)12-3-2-10(21)8-16(12)25(19(17)26)15-5-4-14(22)13-9-24-7-6-11(13)15/h2-9H,22-23H2,1H3. The summed E-state index contributed by atoms with van der Waals surface area (Å²) in [5.74, 6) is -0.789. The number of carbonyl (C=O) groups excluding carboxylic acids is 1. The second-order valence-electron chi connectivity index (χ2n) is 6.18. The summed E-state index contributed by atoms with van der Waals surface area (Å²) < 4.78 is 7.01. The van der Waals surface area contributed by atoms with Gasteiger partial charge in [0, 0.05) is 38.7 Å². The zero-order chi connectivity index (χ0) is 20.0. The molecule has 2 aromatic carbocycles. The van der Waals surface area contributed by atoms with Crippen molar-refractivity contribution in [2.75, 3.05) is 18.6 Å². The summed E-state index contributed by atoms with van der Waals surface area (Å²) in [5.41, 5.74) is 13.2. The van der Waals surface area contributed by atoms with E-state index in [0.29, 0.717) is 27.7 Å². The smallest absolute Gasteiger partial charge is 0.345 e. The summed E-state index contributed by atoms with van der Waals surface area (Å²) in [6, 6.07) is 10.5. The van der Waals surface area contributed by atoms with Crippen molar-refractivity contribution < 1.29 is 9.53 Å². The van der Waals surface area contributed by atoms with Crippen molar-refractivity contribution in [1.82, 2.24) is 9.55 Å². The predicted octanol–water partition coefficient (Wildman–Crippen LogP) is 3.25. The Bertz CT molecular complexity index is 1330. The number of hydrogen-bond acceptors (Lipinski definition) is 6. The lowest BCUT2D eigenvalue weighted by Gasteiger charge is -2.17. The topological polar surface area (TPSA) is 113 Å². The molecule has 0 atom stereocenters. The molecule has 4 rings (SSSR count). The van der Waals surface area contributed by atoms with E-state index in [1.807, 2.05) is 0 Å². The fourth-order valence-electron chi connectivity index (χ4n) is 3.32. The average molecular weight is 439 g/mol. The molecule has 4 aromatic rings. The van der Waals surface area contributed by atoms with E-state index in [9.17, 15) is 9.59 Å². The number of methoxy groups -OCH3 is 1. The van der Waals surface area contributed by atoms with Gasteiger partial charge in [0.2, 0.25) is 0 Å². The molecular formula is C20H15BrN4O3. The van der Waals surface area contributed by atoms with E-state index in [-0.39, 0.29) is 11.3 Å². The number of ether oxygens (including phenoxy) is 1. The number of aromatic nitrogens is 2. The number of nitrogens with two attached hydrogens (primary N) is 2. The van der Waals surface area contributed by atoms with Crippen molar-refractivity contribution in [2.24, 2.45) is 0 Å². The largest absolute Gasteiger partial charge is 0.465 e. The lowest BCUT2D eigenvalue weighted by atomic mass is 10.1. The minimum Gasteiger partial charge on any atom is -0.465 e. The van der Waals surface area contributed by atoms with Gasteiger partial charge in [0.25, 0.3) is 5.56 Å². The summed E-state index contributed by atoms with van der Waals surface area (Å²) in [7, 11) is 1.21. The number of halogens is 1. The number of hydrogen-bond donors (Lipinski definition) is 2. The van der Waals surface area contributed by atoms with Crippen LogP contribution in [0, 0.1) is 0 Å². The number of rotatable bonds is 2. The van der Waals surface area contributed by atoms with Gasteiger partial charge >= 0.3 is 5.97 Å². The third-order valence-corrected chi connectivity index (χ3v) is 5.13. The van der Waals surface area contributed by atoms with E-state index in [0.717, 1.165) is 9.86 Å². The molecule has 0 spiro atoms. The summed E-state index contributed by atoms with van der Waals surface area (Å²) in [6.45, 7) is 0. The van der Waals surface area contributed by atoms with Crippen LogP contribution in [-0.2, 0) is 4.74 Å². The van der Waals surface area contributed by atoms with Crippen LogP contribution in [0.3, 0.4) is 0 Å². The highest BCUT2D eigenvalue weighted by Crippen LogP contribution is 2.31. The number of esters is 1. The highest BCUT2D eigenvalue weighted by molar-refractivity contribution is 9.10. The monoisotopic (exact) mass is 438 g/mol. The molecular weight excluding hydrogens is 424 g/mol. The second-order valence-corrected chi connectivity index (χ2v) is 7.09. The van der Waals surface area contributed by atoms with Crippen molar-refractivity contribution in [3.63, 3.8) is 0 Å². The normalized spacial score (nSPS) is 11.1. The number of nitrogens with zero attached hydrogens (tertiary/aromatic N) is 2. The zero-order valence-corrected chi connectivity index (χ0v) is 16.4. The van der Waals surface area contributed by atoms with Gasteiger partial charge < -0.3 is 16.2 Å². The molecule has 0 amide bonds. The molecule has 0 aliphatic carbocycles. The molecule has 4 N–H and O–H groups in total. The maximum atomic E-state index is 13.4. The van der Waals surface area contributed by atoms with Crippen LogP contribution in [0.1, 0.15) is 10.4 Å². The van der Waals surface area contributed by atoms with Gasteiger partial charge in [-0.3, -0.25) is 14.3 Å². The van der Waals surface area contributed by atoms with Gasteiger partial charge in [0.1, 0.15) is 5.56 Å². The summed E-state index contributed by atoms with van der Waals surface area (Å²) in [4.78, 5) is 29.8. The van der Waals surface area contributed by atoms with Gasteiger partial charge in [0.15, 0.2) is 0 Å². The van der Waals surface area contributed by atoms with Crippen LogP contribution in [-0.4, -0.2) is 22.6 Å². The quantitative estimate of drug-likeness (QED) is 0.366. The van der Waals surface area contributed by atoms with Crippen molar-refractivity contribution in [3.8, 4) is 5.69 Å². The molecule has 0 saturated carbocycles. The third kappa shape index (κ3) is 2.61. The first-order chi connectivity index (χ1) is 13.4. The van der Waals surface area contributed by atoms with Crippen LogP contribution in [0.4, 0.5) is 11.4 Å². The Balaban J connectivity index is 2.25. The average Bonchev–Trinajstić information content (AvgIpc) is 2.69. The number of anilines is 2. The predicted molar refractivity (Wildman–Crippen MR) is 113 cm³/mol. The van der Waals surface area contributed by atoms with Crippen molar-refractivity contribution in [3.05, 3.63) is 69.2 Å². The molecule has 140 valence electrons. The van der Waals surface area contributed by atoms with Gasteiger partial charge in [-0.2, -0.15) is 0 Å². The molecule has 8 heteroatoms. The lowest BCUT2D eigenvalue weighted by molar-refractivity contribution is 0.0600. The van der Waals surface area contributed by atoms with E-state index in [2.05, 4.69) is 20.9 Å². The summed E-state index contributed by atoms with van der Waals surface area (Å²) in [6.07, 6.45) is 3.25. The van der Waals surface area contributed by atoms with Crippen molar-refractivity contribution in [2.45, 2.75) is 0 Å². The lowest BCUT2D eigenvalue weighted by Crippen LogP contribution is -2.28. The fourth-order valence-corrected chi connectivity index (χ4v) is 3.67. The van der Waals surface area contributed by atoms with Gasteiger partial charge in [-0.15, -0.1) is 0 Å². The van der Waals surface area contributed by atoms with Crippen molar-refractivity contribution >= 4 is 54.9 Å². The van der Waals surface area contributed by atoms with E-state index >= 15 is 0 Å². The molecule has 0 unspecified atom stereocenters. The first-order valence-corrected chi connectivity index (χ1v) is 9.08. The number of pyridine rings is 2. The van der Waals surface area contributed by atoms with Crippen molar-refractivity contribution in [1.29, 1.82) is 0 Å². The molecule has 0 saturated heterocycles. The summed E-state index contributed by atoms with van der Waals surface area (Å²) >= 11 is 3.43. The van der Waals surface area contributed by atoms with Gasteiger partial charge in [-0.05, 0) is 36.4 Å². The number of carbonyl (C=O) groups is 1. The molecule has 28 heavy (non-hydrogen) atoms. The maximum absolute atomic E-state index is 13.4. The molecule has 7 nitrogen and oxygen atoms in total. The van der Waals surface area contributed by atoms with Gasteiger partial charge in [0.05, 0.1) is 24.0 Å². The van der Waals surface area contributed by atoms with Crippen LogP contribution in [0.2, 0.25) is 0 Å². The zero-order valence-electron chi connectivity index (χ0n) is 14.8. The highest BCUT2D eigenvalue weighted by Gasteiger charge is 2.23. The minimum atomic E-state index is -0.789. The van der Waals surface area contributed by atoms with Crippen LogP contribution in [0.15, 0.2) is 58.1 Å². The first-order valence-electron chi connectivity index (χ1n) is 8.28. The number of nitrogen functional groups attached to an aromatic ring is 2. The first kappa shape index (κ1) is 18.0. The molecule has 0 bridgehead atoms. The van der Waals surface area contributed by atoms with Gasteiger partial charge in [-0.1, -0.05) is 15.9 Å². The number of fused-ring (bicyclic) bond motifs is 2. The Morgan fingerprint density at radius 2 is 1.89 bits per heavy atom. The third-order valence-electron chi connectivity index (χ3n) is 4.64. The SMILES string of the molecule is COC(=O)c1c(N)c2ccc(Br)cc2n(-c2ccc(N)c3cnccc23)c1=O. The second kappa shape index (κ2) is 6.65. The molecule has 0 aliphatic rings. The molecule has 0 radical (unpaired) electrons. The molecule has 2 aromatic heterocycles. The Kier molecular flexibility index (Phi) is 4.27. The van der Waals surface area contributed by atoms with E-state index < -0.39 is 11.5 Å². The van der Waals surface area contributed by atoms with E-state index in [1.165, 1.54) is 11.7 Å². The maximum Gasteiger partial charge on any atom is 0.345 e. The highest BCUT2D eigenvalue weighted by atomic mass is 79.9.